The van der Waals surface area contributed by atoms with Crippen molar-refractivity contribution < 1.29 is 5.11 Å². The summed E-state index contributed by atoms with van der Waals surface area (Å²) in [7, 11) is -0.774. The van der Waals surface area contributed by atoms with Crippen LogP contribution in [0.3, 0.4) is 0 Å². The number of unbranched alkanes of at least 4 members (excludes halogenated alkanes) is 3. The molecule has 0 atom stereocenters. The zero-order valence-corrected chi connectivity index (χ0v) is 19.5. The largest absolute Gasteiger partial charge is 0.507 e. The monoisotopic (exact) mass is 502 g/mol. The standard InChI is InChI=1S/C25H27OP.HI/c1-2-3-4-5-8-13-21-18-19-25(24(26)20-21)27(22-14-9-6-10-15-22)23-16-11-7-12-17-23;/h6-20,26H,2-5H2,1H3;1H/b13-8-;. The van der Waals surface area contributed by atoms with Crippen molar-refractivity contribution in [2.75, 3.05) is 0 Å². The van der Waals surface area contributed by atoms with Crippen molar-refractivity contribution in [1.82, 2.24) is 0 Å². The number of rotatable bonds is 8. The minimum atomic E-state index is -0.774. The Bertz CT molecular complexity index is 823. The summed E-state index contributed by atoms with van der Waals surface area (Å²) >= 11 is 0. The summed E-state index contributed by atoms with van der Waals surface area (Å²) in [6.07, 6.45) is 9.16. The minimum Gasteiger partial charge on any atom is -0.507 e. The average Bonchev–Trinajstić information content (AvgIpc) is 2.71. The van der Waals surface area contributed by atoms with Crippen molar-refractivity contribution in [1.29, 1.82) is 0 Å². The van der Waals surface area contributed by atoms with Gasteiger partial charge in [0.15, 0.2) is 0 Å². The fourth-order valence-electron chi connectivity index (χ4n) is 3.15. The molecule has 0 aliphatic carbocycles. The number of phenols is 1. The van der Waals surface area contributed by atoms with E-state index in [9.17, 15) is 5.11 Å². The molecule has 1 nitrogen and oxygen atoms in total. The van der Waals surface area contributed by atoms with Gasteiger partial charge in [-0.05, 0) is 49.1 Å². The van der Waals surface area contributed by atoms with Crippen molar-refractivity contribution in [3.8, 4) is 5.75 Å². The lowest BCUT2D eigenvalue weighted by Crippen LogP contribution is -2.20. The third kappa shape index (κ3) is 6.18. The third-order valence-electron chi connectivity index (χ3n) is 4.55. The molecule has 0 aliphatic heterocycles. The summed E-state index contributed by atoms with van der Waals surface area (Å²) in [5.74, 6) is 0.379. The maximum absolute atomic E-state index is 10.8. The van der Waals surface area contributed by atoms with Gasteiger partial charge in [0.05, 0.1) is 0 Å². The second kappa shape index (κ2) is 12.0. The van der Waals surface area contributed by atoms with Crippen LogP contribution in [0.4, 0.5) is 0 Å². The fraction of sp³-hybridized carbons (Fsp3) is 0.200. The number of benzene rings is 3. The van der Waals surface area contributed by atoms with Gasteiger partial charge in [0.2, 0.25) is 0 Å². The number of hydrogen-bond acceptors (Lipinski definition) is 1. The molecule has 1 N–H and O–H groups in total. The van der Waals surface area contributed by atoms with Crippen LogP contribution in [0.5, 0.6) is 5.75 Å². The second-order valence-corrected chi connectivity index (χ2v) is 8.84. The van der Waals surface area contributed by atoms with Gasteiger partial charge in [-0.15, -0.1) is 24.0 Å². The number of aromatic hydroxyl groups is 1. The summed E-state index contributed by atoms with van der Waals surface area (Å²) in [6, 6.07) is 27.1. The van der Waals surface area contributed by atoms with Crippen LogP contribution in [0.2, 0.25) is 0 Å². The van der Waals surface area contributed by atoms with Gasteiger partial charge in [-0.25, -0.2) is 0 Å². The Kier molecular flexibility index (Phi) is 9.73. The molecule has 3 rings (SSSR count). The molecule has 3 aromatic rings. The number of hydrogen-bond donors (Lipinski definition) is 1. The highest BCUT2D eigenvalue weighted by Gasteiger charge is 2.19. The van der Waals surface area contributed by atoms with Gasteiger partial charge in [0.25, 0.3) is 0 Å². The first-order valence-electron chi connectivity index (χ1n) is 9.69. The molecule has 0 spiro atoms. The summed E-state index contributed by atoms with van der Waals surface area (Å²) in [6.45, 7) is 2.22. The van der Waals surface area contributed by atoms with Crippen molar-refractivity contribution in [3.63, 3.8) is 0 Å². The molecule has 28 heavy (non-hydrogen) atoms. The molecule has 0 aromatic heterocycles. The van der Waals surface area contributed by atoms with E-state index in [1.54, 1.807) is 0 Å². The van der Waals surface area contributed by atoms with Crippen LogP contribution in [0.1, 0.15) is 38.2 Å². The van der Waals surface area contributed by atoms with Gasteiger partial charge in [-0.2, -0.15) is 0 Å². The minimum absolute atomic E-state index is 0. The molecule has 0 saturated carbocycles. The molecule has 0 radical (unpaired) electrons. The van der Waals surface area contributed by atoms with Gasteiger partial charge < -0.3 is 5.11 Å². The Morgan fingerprint density at radius 3 is 1.96 bits per heavy atom. The highest BCUT2D eigenvalue weighted by Crippen LogP contribution is 2.36. The number of halogens is 1. The van der Waals surface area contributed by atoms with Crippen LogP contribution >= 0.6 is 31.9 Å². The molecule has 0 amide bonds. The smallest absolute Gasteiger partial charge is 0.124 e. The first-order chi connectivity index (χ1) is 13.3. The average molecular weight is 502 g/mol. The van der Waals surface area contributed by atoms with Crippen molar-refractivity contribution in [2.45, 2.75) is 32.6 Å². The van der Waals surface area contributed by atoms with Crippen molar-refractivity contribution >= 4 is 53.9 Å². The van der Waals surface area contributed by atoms with Crippen LogP contribution in [0, 0.1) is 0 Å². The SMILES string of the molecule is CCCCC/C=C\c1ccc(P(c2ccccc2)c2ccccc2)c(O)c1.I. The van der Waals surface area contributed by atoms with Gasteiger partial charge in [0, 0.05) is 5.30 Å². The van der Waals surface area contributed by atoms with Gasteiger partial charge in [-0.3, -0.25) is 0 Å². The van der Waals surface area contributed by atoms with E-state index in [0.717, 1.165) is 17.3 Å². The molecule has 3 aromatic carbocycles. The van der Waals surface area contributed by atoms with E-state index in [-0.39, 0.29) is 24.0 Å². The molecule has 0 heterocycles. The Morgan fingerprint density at radius 1 is 0.821 bits per heavy atom. The van der Waals surface area contributed by atoms with E-state index in [2.05, 4.69) is 79.7 Å². The molecule has 0 aliphatic rings. The molecular formula is C25H28IOP. The zero-order chi connectivity index (χ0) is 18.9. The van der Waals surface area contributed by atoms with E-state index in [1.807, 2.05) is 18.2 Å². The topological polar surface area (TPSA) is 20.2 Å². The van der Waals surface area contributed by atoms with Crippen LogP contribution < -0.4 is 15.9 Å². The Hall–Kier alpha value is -1.64. The summed E-state index contributed by atoms with van der Waals surface area (Å²) in [5.41, 5.74) is 1.06. The lowest BCUT2D eigenvalue weighted by Gasteiger charge is -2.20. The molecule has 0 fully saturated rings. The summed E-state index contributed by atoms with van der Waals surface area (Å²) in [5, 5.41) is 14.3. The Morgan fingerprint density at radius 2 is 1.43 bits per heavy atom. The van der Waals surface area contributed by atoms with Crippen molar-refractivity contribution in [3.05, 3.63) is 90.5 Å². The van der Waals surface area contributed by atoms with E-state index in [1.165, 1.54) is 29.9 Å². The van der Waals surface area contributed by atoms with Crippen LogP contribution in [0.15, 0.2) is 84.9 Å². The van der Waals surface area contributed by atoms with E-state index >= 15 is 0 Å². The summed E-state index contributed by atoms with van der Waals surface area (Å²) < 4.78 is 0. The lowest BCUT2D eigenvalue weighted by atomic mass is 10.1. The van der Waals surface area contributed by atoms with E-state index in [4.69, 9.17) is 0 Å². The highest BCUT2D eigenvalue weighted by atomic mass is 127. The van der Waals surface area contributed by atoms with Gasteiger partial charge in [0.1, 0.15) is 5.75 Å². The van der Waals surface area contributed by atoms with Gasteiger partial charge in [-0.1, -0.05) is 98.6 Å². The summed E-state index contributed by atoms with van der Waals surface area (Å²) in [4.78, 5) is 0. The predicted octanol–water partition coefficient (Wildman–Crippen LogP) is 6.36. The first kappa shape index (κ1) is 22.6. The molecule has 0 bridgehead atoms. The first-order valence-corrected chi connectivity index (χ1v) is 11.0. The molecule has 3 heteroatoms. The maximum Gasteiger partial charge on any atom is 0.124 e. The fourth-order valence-corrected chi connectivity index (χ4v) is 5.46. The second-order valence-electron chi connectivity index (χ2n) is 6.65. The Labute approximate surface area is 187 Å². The lowest BCUT2D eigenvalue weighted by molar-refractivity contribution is 0.479. The Balaban J connectivity index is 0.00000280. The van der Waals surface area contributed by atoms with E-state index < -0.39 is 7.92 Å². The molecular weight excluding hydrogens is 474 g/mol. The number of allylic oxidation sites excluding steroid dienone is 1. The zero-order valence-electron chi connectivity index (χ0n) is 16.3. The number of phenolic OH excluding ortho intramolecular Hbond substituents is 1. The molecule has 146 valence electrons. The predicted molar refractivity (Wildman–Crippen MR) is 135 cm³/mol. The van der Waals surface area contributed by atoms with Crippen LogP contribution in [-0.2, 0) is 0 Å². The van der Waals surface area contributed by atoms with E-state index in [0.29, 0.717) is 5.75 Å². The van der Waals surface area contributed by atoms with Crippen LogP contribution in [-0.4, -0.2) is 5.11 Å². The maximum atomic E-state index is 10.8. The third-order valence-corrected chi connectivity index (χ3v) is 7.04. The molecule has 0 unspecified atom stereocenters. The highest BCUT2D eigenvalue weighted by molar-refractivity contribution is 14.0. The van der Waals surface area contributed by atoms with Gasteiger partial charge >= 0.3 is 0 Å². The van der Waals surface area contributed by atoms with Crippen molar-refractivity contribution in [2.24, 2.45) is 0 Å². The quantitative estimate of drug-likeness (QED) is 0.216. The van der Waals surface area contributed by atoms with Crippen LogP contribution in [0.25, 0.3) is 6.08 Å². The molecule has 0 saturated heterocycles. The normalized spacial score (nSPS) is 10.9.